The molecule has 5 N–H and O–H groups in total. The summed E-state index contributed by atoms with van der Waals surface area (Å²) in [6, 6.07) is 5.01. The number of thiazole rings is 1. The maximum absolute atomic E-state index is 11.3. The van der Waals surface area contributed by atoms with Gasteiger partial charge in [-0.2, -0.15) is 0 Å². The number of nitrogens with zero attached hydrogens (tertiary/aromatic N) is 1. The molecule has 0 saturated carbocycles. The summed E-state index contributed by atoms with van der Waals surface area (Å²) in [4.78, 5) is 15.6. The van der Waals surface area contributed by atoms with Crippen LogP contribution in [0.3, 0.4) is 0 Å². The molecule has 0 aliphatic rings. The first-order valence-corrected chi connectivity index (χ1v) is 6.78. The number of aromatic nitrogens is 1. The summed E-state index contributed by atoms with van der Waals surface area (Å²) in [7, 11) is 0. The number of hydrogen-bond donors (Lipinski definition) is 3. The summed E-state index contributed by atoms with van der Waals surface area (Å²) in [5.41, 5.74) is 12.8. The first-order chi connectivity index (χ1) is 9.08. The third-order valence-corrected chi connectivity index (χ3v) is 3.79. The highest BCUT2D eigenvalue weighted by Gasteiger charge is 2.11. The maximum Gasteiger partial charge on any atom is 0.250 e. The molecular formula is C13H16N4OS. The summed E-state index contributed by atoms with van der Waals surface area (Å²) in [6.07, 6.45) is 1.78. The fourth-order valence-electron chi connectivity index (χ4n) is 1.75. The molecule has 0 saturated heterocycles. The van der Waals surface area contributed by atoms with Gasteiger partial charge < -0.3 is 16.8 Å². The van der Waals surface area contributed by atoms with E-state index in [0.717, 1.165) is 5.01 Å². The molecule has 0 aliphatic heterocycles. The lowest BCUT2D eigenvalue weighted by atomic mass is 10.1. The Labute approximate surface area is 115 Å². The molecule has 6 heteroatoms. The third-order valence-electron chi connectivity index (χ3n) is 2.78. The number of hydrogen-bond acceptors (Lipinski definition) is 5. The fraction of sp³-hybridized carbons (Fsp3) is 0.231. The molecule has 1 heterocycles. The Hall–Kier alpha value is -2.08. The van der Waals surface area contributed by atoms with Crippen molar-refractivity contribution in [3.05, 3.63) is 40.3 Å². The van der Waals surface area contributed by atoms with E-state index >= 15 is 0 Å². The number of benzene rings is 1. The second kappa shape index (κ2) is 5.71. The number of nitrogens with two attached hydrogens (primary N) is 2. The normalized spacial score (nSPS) is 12.1. The molecule has 19 heavy (non-hydrogen) atoms. The van der Waals surface area contributed by atoms with Crippen molar-refractivity contribution in [1.82, 2.24) is 4.98 Å². The van der Waals surface area contributed by atoms with E-state index in [9.17, 15) is 4.79 Å². The van der Waals surface area contributed by atoms with Crippen molar-refractivity contribution in [3.63, 3.8) is 0 Å². The predicted molar refractivity (Wildman–Crippen MR) is 78.4 cm³/mol. The lowest BCUT2D eigenvalue weighted by Crippen LogP contribution is -2.17. The molecule has 1 amide bonds. The van der Waals surface area contributed by atoms with Crippen LogP contribution in [0.2, 0.25) is 0 Å². The zero-order valence-corrected chi connectivity index (χ0v) is 11.4. The van der Waals surface area contributed by atoms with Gasteiger partial charge in [0.1, 0.15) is 0 Å². The number of carbonyl (C=O) groups excluding carboxylic acids is 1. The van der Waals surface area contributed by atoms with E-state index < -0.39 is 5.91 Å². The lowest BCUT2D eigenvalue weighted by Gasteiger charge is -2.14. The van der Waals surface area contributed by atoms with Crippen molar-refractivity contribution < 1.29 is 4.79 Å². The smallest absolute Gasteiger partial charge is 0.250 e. The quantitative estimate of drug-likeness (QED) is 0.728. The van der Waals surface area contributed by atoms with Gasteiger partial charge in [0.2, 0.25) is 0 Å². The Morgan fingerprint density at radius 1 is 1.53 bits per heavy atom. The SMILES string of the molecule is CC(CNc1cc(N)ccc1C(N)=O)c1nccs1. The number of amides is 1. The molecule has 0 radical (unpaired) electrons. The minimum atomic E-state index is -0.468. The van der Waals surface area contributed by atoms with Crippen molar-refractivity contribution in [2.75, 3.05) is 17.6 Å². The van der Waals surface area contributed by atoms with Gasteiger partial charge in [-0.25, -0.2) is 4.98 Å². The van der Waals surface area contributed by atoms with E-state index in [4.69, 9.17) is 11.5 Å². The number of primary amides is 1. The zero-order valence-electron chi connectivity index (χ0n) is 10.6. The van der Waals surface area contributed by atoms with Crippen LogP contribution in [0.25, 0.3) is 0 Å². The van der Waals surface area contributed by atoms with Crippen LogP contribution in [0.5, 0.6) is 0 Å². The molecule has 1 aromatic heterocycles. The largest absolute Gasteiger partial charge is 0.399 e. The minimum Gasteiger partial charge on any atom is -0.399 e. The third kappa shape index (κ3) is 3.23. The van der Waals surface area contributed by atoms with Gasteiger partial charge in [0, 0.05) is 35.4 Å². The average molecular weight is 276 g/mol. The van der Waals surface area contributed by atoms with E-state index in [1.807, 2.05) is 5.38 Å². The highest BCUT2D eigenvalue weighted by Crippen LogP contribution is 2.22. The van der Waals surface area contributed by atoms with Gasteiger partial charge in [-0.1, -0.05) is 6.92 Å². The average Bonchev–Trinajstić information content (AvgIpc) is 2.89. The van der Waals surface area contributed by atoms with Gasteiger partial charge in [0.15, 0.2) is 0 Å². The Kier molecular flexibility index (Phi) is 4.01. The molecule has 5 nitrogen and oxygen atoms in total. The van der Waals surface area contributed by atoms with Crippen LogP contribution >= 0.6 is 11.3 Å². The summed E-state index contributed by atoms with van der Waals surface area (Å²) in [5.74, 6) is -0.216. The monoisotopic (exact) mass is 276 g/mol. The van der Waals surface area contributed by atoms with Gasteiger partial charge in [-0.15, -0.1) is 11.3 Å². The molecule has 0 fully saturated rings. The maximum atomic E-state index is 11.3. The Balaban J connectivity index is 2.10. The predicted octanol–water partition coefficient (Wildman–Crippen LogP) is 2.04. The highest BCUT2D eigenvalue weighted by atomic mass is 32.1. The van der Waals surface area contributed by atoms with Gasteiger partial charge in [0.05, 0.1) is 10.6 Å². The summed E-state index contributed by atoms with van der Waals surface area (Å²) >= 11 is 1.61. The van der Waals surface area contributed by atoms with Crippen molar-refractivity contribution in [2.45, 2.75) is 12.8 Å². The second-order valence-electron chi connectivity index (χ2n) is 4.32. The number of anilines is 2. The Bertz CT molecular complexity index is 568. The molecule has 0 aliphatic carbocycles. The minimum absolute atomic E-state index is 0.252. The number of nitrogens with one attached hydrogen (secondary N) is 1. The second-order valence-corrected chi connectivity index (χ2v) is 5.25. The van der Waals surface area contributed by atoms with E-state index in [1.54, 1.807) is 35.7 Å². The zero-order chi connectivity index (χ0) is 13.8. The van der Waals surface area contributed by atoms with Crippen molar-refractivity contribution >= 4 is 28.6 Å². The van der Waals surface area contributed by atoms with E-state index in [2.05, 4.69) is 17.2 Å². The fourth-order valence-corrected chi connectivity index (χ4v) is 2.45. The molecule has 100 valence electrons. The van der Waals surface area contributed by atoms with E-state index in [1.165, 1.54) is 0 Å². The van der Waals surface area contributed by atoms with Gasteiger partial charge in [-0.3, -0.25) is 4.79 Å². The molecular weight excluding hydrogens is 260 g/mol. The van der Waals surface area contributed by atoms with Gasteiger partial charge in [-0.05, 0) is 18.2 Å². The molecule has 1 unspecified atom stereocenters. The summed E-state index contributed by atoms with van der Waals surface area (Å²) in [6.45, 7) is 2.74. The van der Waals surface area contributed by atoms with E-state index in [0.29, 0.717) is 23.5 Å². The number of carbonyl (C=O) groups is 1. The van der Waals surface area contributed by atoms with Crippen molar-refractivity contribution in [2.24, 2.45) is 5.73 Å². The number of nitrogen functional groups attached to an aromatic ring is 1. The molecule has 0 spiro atoms. The van der Waals surface area contributed by atoms with Crippen LogP contribution in [-0.2, 0) is 0 Å². The summed E-state index contributed by atoms with van der Waals surface area (Å²) < 4.78 is 0. The number of rotatable bonds is 5. The Morgan fingerprint density at radius 2 is 2.32 bits per heavy atom. The molecule has 1 atom stereocenters. The highest BCUT2D eigenvalue weighted by molar-refractivity contribution is 7.09. The lowest BCUT2D eigenvalue weighted by molar-refractivity contribution is 0.100. The first-order valence-electron chi connectivity index (χ1n) is 5.90. The molecule has 1 aromatic carbocycles. The topological polar surface area (TPSA) is 94.0 Å². The van der Waals surface area contributed by atoms with E-state index in [-0.39, 0.29) is 5.92 Å². The van der Waals surface area contributed by atoms with Gasteiger partial charge >= 0.3 is 0 Å². The Morgan fingerprint density at radius 3 is 2.95 bits per heavy atom. The first kappa shape index (κ1) is 13.4. The van der Waals surface area contributed by atoms with Crippen molar-refractivity contribution in [1.29, 1.82) is 0 Å². The van der Waals surface area contributed by atoms with Crippen LogP contribution in [0.15, 0.2) is 29.8 Å². The summed E-state index contributed by atoms with van der Waals surface area (Å²) in [5, 5.41) is 6.21. The van der Waals surface area contributed by atoms with Crippen LogP contribution < -0.4 is 16.8 Å². The molecule has 2 aromatic rings. The van der Waals surface area contributed by atoms with Crippen LogP contribution in [0.1, 0.15) is 28.2 Å². The van der Waals surface area contributed by atoms with Crippen LogP contribution in [-0.4, -0.2) is 17.4 Å². The van der Waals surface area contributed by atoms with Crippen LogP contribution in [0, 0.1) is 0 Å². The molecule has 0 bridgehead atoms. The van der Waals surface area contributed by atoms with Crippen LogP contribution in [0.4, 0.5) is 11.4 Å². The standard InChI is InChI=1S/C13H16N4OS/c1-8(13-16-4-5-19-13)7-17-11-6-9(14)2-3-10(11)12(15)18/h2-6,8,17H,7,14H2,1H3,(H2,15,18). The van der Waals surface area contributed by atoms with Gasteiger partial charge in [0.25, 0.3) is 5.91 Å². The van der Waals surface area contributed by atoms with Crippen molar-refractivity contribution in [3.8, 4) is 0 Å². The molecule has 2 rings (SSSR count).